The minimum absolute atomic E-state index is 0.299. The molecule has 1 aliphatic rings. The molecule has 1 aliphatic heterocycles. The molecule has 1 saturated heterocycles. The van der Waals surface area contributed by atoms with Gasteiger partial charge in [0.15, 0.2) is 0 Å². The van der Waals surface area contributed by atoms with Gasteiger partial charge < -0.3 is 10.5 Å². The average Bonchev–Trinajstić information content (AvgIpc) is 1.90. The number of nitrogens with two attached hydrogens (primary N) is 1. The van der Waals surface area contributed by atoms with E-state index in [1.54, 1.807) is 0 Å². The van der Waals surface area contributed by atoms with Crippen LogP contribution in [0.4, 0.5) is 0 Å². The van der Waals surface area contributed by atoms with Crippen molar-refractivity contribution in [3.8, 4) is 0 Å². The highest BCUT2D eigenvalue weighted by molar-refractivity contribution is 4.70. The molecule has 2 N–H and O–H groups in total. The summed E-state index contributed by atoms with van der Waals surface area (Å²) in [6, 6.07) is 0.299. The zero-order valence-corrected chi connectivity index (χ0v) is 5.97. The van der Waals surface area contributed by atoms with Crippen LogP contribution in [0, 0.1) is 0 Å². The molecule has 1 fully saturated rings. The summed E-state index contributed by atoms with van der Waals surface area (Å²) in [5, 5.41) is 0. The summed E-state index contributed by atoms with van der Waals surface area (Å²) >= 11 is 0. The van der Waals surface area contributed by atoms with Crippen LogP contribution in [0.15, 0.2) is 0 Å². The summed E-state index contributed by atoms with van der Waals surface area (Å²) in [5.41, 5.74) is 5.63. The Balaban J connectivity index is 2.18. The topological polar surface area (TPSA) is 35.2 Å². The van der Waals surface area contributed by atoms with Crippen LogP contribution in [0.2, 0.25) is 0 Å². The van der Waals surface area contributed by atoms with Gasteiger partial charge in [-0.05, 0) is 19.3 Å². The van der Waals surface area contributed by atoms with E-state index in [0.717, 1.165) is 25.9 Å². The fourth-order valence-electron chi connectivity index (χ4n) is 1.15. The zero-order chi connectivity index (χ0) is 6.69. The Morgan fingerprint density at radius 3 is 2.78 bits per heavy atom. The first-order valence-electron chi connectivity index (χ1n) is 3.70. The lowest BCUT2D eigenvalue weighted by molar-refractivity contribution is 0.00372. The van der Waals surface area contributed by atoms with Crippen molar-refractivity contribution in [1.29, 1.82) is 0 Å². The van der Waals surface area contributed by atoms with Gasteiger partial charge in [-0.1, -0.05) is 6.92 Å². The summed E-state index contributed by atoms with van der Waals surface area (Å²) < 4.78 is 5.41. The van der Waals surface area contributed by atoms with Crippen molar-refractivity contribution in [3.63, 3.8) is 0 Å². The highest BCUT2D eigenvalue weighted by Gasteiger charge is 2.16. The van der Waals surface area contributed by atoms with Crippen LogP contribution < -0.4 is 5.73 Å². The fourth-order valence-corrected chi connectivity index (χ4v) is 1.15. The lowest BCUT2D eigenvalue weighted by atomic mass is 10.0. The van der Waals surface area contributed by atoms with E-state index in [1.165, 1.54) is 0 Å². The van der Waals surface area contributed by atoms with Crippen molar-refractivity contribution in [2.75, 3.05) is 6.61 Å². The first-order valence-corrected chi connectivity index (χ1v) is 3.70. The quantitative estimate of drug-likeness (QED) is 0.571. The van der Waals surface area contributed by atoms with E-state index in [9.17, 15) is 0 Å². The van der Waals surface area contributed by atoms with Crippen molar-refractivity contribution in [2.45, 2.75) is 38.3 Å². The minimum atomic E-state index is 0.299. The molecule has 0 bridgehead atoms. The first kappa shape index (κ1) is 7.03. The van der Waals surface area contributed by atoms with E-state index in [1.807, 2.05) is 0 Å². The molecule has 0 aliphatic carbocycles. The number of rotatable bonds is 1. The summed E-state index contributed by atoms with van der Waals surface area (Å²) in [7, 11) is 0. The van der Waals surface area contributed by atoms with Gasteiger partial charge in [-0.15, -0.1) is 0 Å². The summed E-state index contributed by atoms with van der Waals surface area (Å²) in [5.74, 6) is 0. The first-order chi connectivity index (χ1) is 4.33. The molecule has 2 atom stereocenters. The molecular weight excluding hydrogens is 114 g/mol. The third-order valence-corrected chi connectivity index (χ3v) is 1.86. The molecule has 1 heterocycles. The second kappa shape index (κ2) is 3.18. The summed E-state index contributed by atoms with van der Waals surface area (Å²) in [6.45, 7) is 2.92. The maximum atomic E-state index is 5.63. The Hall–Kier alpha value is -0.0800. The third-order valence-electron chi connectivity index (χ3n) is 1.86. The van der Waals surface area contributed by atoms with Gasteiger partial charge in [-0.2, -0.15) is 0 Å². The van der Waals surface area contributed by atoms with Gasteiger partial charge in [-0.3, -0.25) is 0 Å². The van der Waals surface area contributed by atoms with Crippen molar-refractivity contribution < 1.29 is 4.74 Å². The van der Waals surface area contributed by atoms with Crippen LogP contribution >= 0.6 is 0 Å². The van der Waals surface area contributed by atoms with Crippen LogP contribution in [-0.2, 0) is 4.74 Å². The minimum Gasteiger partial charge on any atom is -0.377 e. The van der Waals surface area contributed by atoms with Crippen LogP contribution in [-0.4, -0.2) is 18.8 Å². The van der Waals surface area contributed by atoms with Crippen molar-refractivity contribution in [2.24, 2.45) is 5.73 Å². The van der Waals surface area contributed by atoms with Gasteiger partial charge >= 0.3 is 0 Å². The molecule has 0 saturated carbocycles. The molecule has 0 aromatic rings. The maximum absolute atomic E-state index is 5.63. The van der Waals surface area contributed by atoms with E-state index >= 15 is 0 Å². The number of hydrogen-bond donors (Lipinski definition) is 1. The largest absolute Gasteiger partial charge is 0.377 e. The highest BCUT2D eigenvalue weighted by atomic mass is 16.5. The van der Waals surface area contributed by atoms with Crippen LogP contribution in [0.1, 0.15) is 26.2 Å². The molecule has 9 heavy (non-hydrogen) atoms. The Morgan fingerprint density at radius 1 is 1.56 bits per heavy atom. The van der Waals surface area contributed by atoms with Crippen LogP contribution in [0.5, 0.6) is 0 Å². The monoisotopic (exact) mass is 129 g/mol. The predicted octanol–water partition coefficient (Wildman–Crippen LogP) is 0.903. The Morgan fingerprint density at radius 2 is 2.33 bits per heavy atom. The third kappa shape index (κ3) is 1.95. The highest BCUT2D eigenvalue weighted by Crippen LogP contribution is 2.13. The Labute approximate surface area is 56.4 Å². The van der Waals surface area contributed by atoms with E-state index < -0.39 is 0 Å². The van der Waals surface area contributed by atoms with Gasteiger partial charge in [0.1, 0.15) is 0 Å². The number of hydrogen-bond acceptors (Lipinski definition) is 2. The van der Waals surface area contributed by atoms with E-state index in [2.05, 4.69) is 6.92 Å². The van der Waals surface area contributed by atoms with Gasteiger partial charge in [0.25, 0.3) is 0 Å². The molecule has 0 unspecified atom stereocenters. The predicted molar refractivity (Wildman–Crippen MR) is 37.2 cm³/mol. The van der Waals surface area contributed by atoms with E-state index in [4.69, 9.17) is 10.5 Å². The molecular formula is C7H15NO. The molecule has 0 aromatic heterocycles. The molecule has 2 nitrogen and oxygen atoms in total. The molecule has 0 radical (unpaired) electrons. The molecule has 0 amide bonds. The molecule has 0 aromatic carbocycles. The van der Waals surface area contributed by atoms with Crippen molar-refractivity contribution in [3.05, 3.63) is 0 Å². The van der Waals surface area contributed by atoms with E-state index in [0.29, 0.717) is 12.1 Å². The average molecular weight is 129 g/mol. The summed E-state index contributed by atoms with van der Waals surface area (Å²) in [4.78, 5) is 0. The SMILES string of the molecule is CC[C@@H]1CC[C@@H](N)CO1. The zero-order valence-electron chi connectivity index (χ0n) is 5.97. The van der Waals surface area contributed by atoms with E-state index in [-0.39, 0.29) is 0 Å². The molecule has 0 spiro atoms. The lowest BCUT2D eigenvalue weighted by Gasteiger charge is -2.25. The molecule has 2 heteroatoms. The standard InChI is InChI=1S/C7H15NO/c1-2-7-4-3-6(8)5-9-7/h6-7H,2-5,8H2,1H3/t6-,7-/m1/s1. The second-order valence-electron chi connectivity index (χ2n) is 2.70. The van der Waals surface area contributed by atoms with Gasteiger partial charge in [0.05, 0.1) is 12.7 Å². The van der Waals surface area contributed by atoms with Crippen LogP contribution in [0.3, 0.4) is 0 Å². The Bertz CT molecular complexity index is 77.0. The smallest absolute Gasteiger partial charge is 0.0621 e. The van der Waals surface area contributed by atoms with Gasteiger partial charge in [0.2, 0.25) is 0 Å². The van der Waals surface area contributed by atoms with Gasteiger partial charge in [0, 0.05) is 6.04 Å². The van der Waals surface area contributed by atoms with Crippen molar-refractivity contribution in [1.82, 2.24) is 0 Å². The van der Waals surface area contributed by atoms with Gasteiger partial charge in [-0.25, -0.2) is 0 Å². The maximum Gasteiger partial charge on any atom is 0.0621 e. The molecule has 54 valence electrons. The fraction of sp³-hybridized carbons (Fsp3) is 1.00. The number of ether oxygens (including phenoxy) is 1. The molecule has 1 rings (SSSR count). The van der Waals surface area contributed by atoms with Crippen LogP contribution in [0.25, 0.3) is 0 Å². The second-order valence-corrected chi connectivity index (χ2v) is 2.70. The van der Waals surface area contributed by atoms with Crippen molar-refractivity contribution >= 4 is 0 Å². The summed E-state index contributed by atoms with van der Waals surface area (Å²) in [6.07, 6.45) is 3.91. The Kier molecular flexibility index (Phi) is 2.49. The normalized spacial score (nSPS) is 36.7. The lowest BCUT2D eigenvalue weighted by Crippen LogP contribution is -2.34.